The summed E-state index contributed by atoms with van der Waals surface area (Å²) in [6.07, 6.45) is 1.99. The Morgan fingerprint density at radius 3 is 2.80 bits per heavy atom. The summed E-state index contributed by atoms with van der Waals surface area (Å²) in [6.45, 7) is 6.75. The molecule has 0 radical (unpaired) electrons. The van der Waals surface area contributed by atoms with E-state index in [1.54, 1.807) is 11.1 Å². The number of rotatable bonds is 3. The molecule has 2 amide bonds. The molecule has 1 aliphatic rings. The topological polar surface area (TPSA) is 62.3 Å². The summed E-state index contributed by atoms with van der Waals surface area (Å²) in [5.41, 5.74) is 0.576. The second-order valence-corrected chi connectivity index (χ2v) is 6.24. The van der Waals surface area contributed by atoms with Gasteiger partial charge in [0.25, 0.3) is 0 Å². The van der Waals surface area contributed by atoms with Gasteiger partial charge in [0.15, 0.2) is 0 Å². The second kappa shape index (κ2) is 5.61. The molecule has 5 heteroatoms. The number of carbonyl (C=O) groups is 2. The number of nitrogens with zero attached hydrogens (tertiary/aromatic N) is 2. The molecule has 1 aromatic rings. The van der Waals surface area contributed by atoms with E-state index in [2.05, 4.69) is 10.3 Å². The van der Waals surface area contributed by atoms with Crippen LogP contribution in [0.15, 0.2) is 24.4 Å². The van der Waals surface area contributed by atoms with Gasteiger partial charge in [-0.15, -0.1) is 0 Å². The van der Waals surface area contributed by atoms with Gasteiger partial charge >= 0.3 is 0 Å². The number of pyridine rings is 1. The molecule has 0 aliphatic carbocycles. The Bertz CT molecular complexity index is 494. The first-order chi connectivity index (χ1) is 9.35. The van der Waals surface area contributed by atoms with E-state index in [0.29, 0.717) is 13.1 Å². The molecule has 1 aliphatic heterocycles. The van der Waals surface area contributed by atoms with Crippen molar-refractivity contribution in [3.63, 3.8) is 0 Å². The smallest absolute Gasteiger partial charge is 0.225 e. The molecule has 1 unspecified atom stereocenters. The van der Waals surface area contributed by atoms with Gasteiger partial charge in [-0.1, -0.05) is 6.07 Å². The van der Waals surface area contributed by atoms with Crippen molar-refractivity contribution in [3.8, 4) is 0 Å². The number of nitrogens with one attached hydrogen (secondary N) is 1. The molecule has 0 aromatic carbocycles. The van der Waals surface area contributed by atoms with Crippen molar-refractivity contribution in [2.45, 2.75) is 39.3 Å². The number of carbonyl (C=O) groups excluding carboxylic acids is 2. The standard InChI is InChI=1S/C15H21N3O2/c1-15(2,3)17-14(20)11-8-13(19)18(9-11)10-12-6-4-5-7-16-12/h4-7,11H,8-10H2,1-3H3,(H,17,20). The Labute approximate surface area is 119 Å². The minimum absolute atomic E-state index is 0.0183. The molecule has 0 spiro atoms. The van der Waals surface area contributed by atoms with Crippen LogP contribution in [0.25, 0.3) is 0 Å². The van der Waals surface area contributed by atoms with E-state index in [9.17, 15) is 9.59 Å². The lowest BCUT2D eigenvalue weighted by atomic mass is 10.0. The molecule has 1 saturated heterocycles. The number of aromatic nitrogens is 1. The molecular weight excluding hydrogens is 254 g/mol. The molecule has 2 rings (SSSR count). The Morgan fingerprint density at radius 2 is 2.20 bits per heavy atom. The molecule has 1 aromatic heterocycles. The molecule has 0 saturated carbocycles. The molecule has 108 valence electrons. The zero-order chi connectivity index (χ0) is 14.8. The maximum Gasteiger partial charge on any atom is 0.225 e. The Morgan fingerprint density at radius 1 is 1.45 bits per heavy atom. The minimum atomic E-state index is -0.269. The zero-order valence-corrected chi connectivity index (χ0v) is 12.2. The summed E-state index contributed by atoms with van der Waals surface area (Å²) in [5.74, 6) is -0.287. The van der Waals surface area contributed by atoms with Crippen LogP contribution in [-0.2, 0) is 16.1 Å². The Hall–Kier alpha value is -1.91. The highest BCUT2D eigenvalue weighted by molar-refractivity contribution is 5.89. The number of hydrogen-bond acceptors (Lipinski definition) is 3. The first-order valence-corrected chi connectivity index (χ1v) is 6.85. The normalized spacial score (nSPS) is 19.2. The predicted octanol–water partition coefficient (Wildman–Crippen LogP) is 1.34. The van der Waals surface area contributed by atoms with Gasteiger partial charge < -0.3 is 10.2 Å². The number of hydrogen-bond donors (Lipinski definition) is 1. The molecule has 20 heavy (non-hydrogen) atoms. The van der Waals surface area contributed by atoms with E-state index in [-0.39, 0.29) is 29.7 Å². The summed E-state index contributed by atoms with van der Waals surface area (Å²) in [6, 6.07) is 5.62. The van der Waals surface area contributed by atoms with Gasteiger partial charge in [-0.25, -0.2) is 0 Å². The van der Waals surface area contributed by atoms with Crippen LogP contribution in [0, 0.1) is 5.92 Å². The van der Waals surface area contributed by atoms with E-state index in [1.165, 1.54) is 0 Å². The van der Waals surface area contributed by atoms with E-state index in [1.807, 2.05) is 39.0 Å². The third-order valence-electron chi connectivity index (χ3n) is 3.16. The largest absolute Gasteiger partial charge is 0.351 e. The highest BCUT2D eigenvalue weighted by atomic mass is 16.2. The summed E-state index contributed by atoms with van der Waals surface area (Å²) >= 11 is 0. The van der Waals surface area contributed by atoms with Gasteiger partial charge in [-0.2, -0.15) is 0 Å². The average Bonchev–Trinajstić information content (AvgIpc) is 2.70. The van der Waals surface area contributed by atoms with Crippen molar-refractivity contribution in [1.82, 2.24) is 15.2 Å². The van der Waals surface area contributed by atoms with Gasteiger partial charge in [-0.3, -0.25) is 14.6 Å². The Kier molecular flexibility index (Phi) is 4.06. The highest BCUT2D eigenvalue weighted by Crippen LogP contribution is 2.20. The van der Waals surface area contributed by atoms with Crippen molar-refractivity contribution >= 4 is 11.8 Å². The highest BCUT2D eigenvalue weighted by Gasteiger charge is 2.35. The van der Waals surface area contributed by atoms with Crippen LogP contribution >= 0.6 is 0 Å². The lowest BCUT2D eigenvalue weighted by Gasteiger charge is -2.23. The summed E-state index contributed by atoms with van der Waals surface area (Å²) in [4.78, 5) is 30.0. The monoisotopic (exact) mass is 275 g/mol. The number of amides is 2. The van der Waals surface area contributed by atoms with Crippen molar-refractivity contribution in [2.75, 3.05) is 6.54 Å². The van der Waals surface area contributed by atoms with Gasteiger partial charge in [0.2, 0.25) is 11.8 Å². The van der Waals surface area contributed by atoms with E-state index in [0.717, 1.165) is 5.69 Å². The van der Waals surface area contributed by atoms with Crippen LogP contribution in [-0.4, -0.2) is 33.8 Å². The third kappa shape index (κ3) is 3.79. The summed E-state index contributed by atoms with van der Waals surface area (Å²) < 4.78 is 0. The van der Waals surface area contributed by atoms with Crippen molar-refractivity contribution in [1.29, 1.82) is 0 Å². The SMILES string of the molecule is CC(C)(C)NC(=O)C1CC(=O)N(Cc2ccccn2)C1. The van der Waals surface area contributed by atoms with Crippen LogP contribution < -0.4 is 5.32 Å². The van der Waals surface area contributed by atoms with E-state index >= 15 is 0 Å². The van der Waals surface area contributed by atoms with Crippen LogP contribution in [0.4, 0.5) is 0 Å². The molecule has 1 fully saturated rings. The first kappa shape index (κ1) is 14.5. The number of likely N-dealkylation sites (tertiary alicyclic amines) is 1. The fraction of sp³-hybridized carbons (Fsp3) is 0.533. The van der Waals surface area contributed by atoms with Crippen molar-refractivity contribution in [2.24, 2.45) is 5.92 Å². The molecule has 0 bridgehead atoms. The molecular formula is C15H21N3O2. The van der Waals surface area contributed by atoms with E-state index in [4.69, 9.17) is 0 Å². The fourth-order valence-electron chi connectivity index (χ4n) is 2.26. The molecule has 5 nitrogen and oxygen atoms in total. The van der Waals surface area contributed by atoms with Crippen LogP contribution in [0.5, 0.6) is 0 Å². The lowest BCUT2D eigenvalue weighted by molar-refractivity contribution is -0.129. The predicted molar refractivity (Wildman–Crippen MR) is 75.7 cm³/mol. The second-order valence-electron chi connectivity index (χ2n) is 6.24. The average molecular weight is 275 g/mol. The van der Waals surface area contributed by atoms with Crippen LogP contribution in [0.1, 0.15) is 32.9 Å². The quantitative estimate of drug-likeness (QED) is 0.905. The zero-order valence-electron chi connectivity index (χ0n) is 12.2. The maximum atomic E-state index is 12.1. The third-order valence-corrected chi connectivity index (χ3v) is 3.16. The van der Waals surface area contributed by atoms with Gasteiger partial charge in [0.1, 0.15) is 0 Å². The first-order valence-electron chi connectivity index (χ1n) is 6.85. The van der Waals surface area contributed by atoms with E-state index < -0.39 is 0 Å². The van der Waals surface area contributed by atoms with Crippen molar-refractivity contribution < 1.29 is 9.59 Å². The van der Waals surface area contributed by atoms with Crippen molar-refractivity contribution in [3.05, 3.63) is 30.1 Å². The van der Waals surface area contributed by atoms with Gasteiger partial charge in [-0.05, 0) is 32.9 Å². The maximum absolute atomic E-state index is 12.1. The molecule has 1 N–H and O–H groups in total. The van der Waals surface area contributed by atoms with Crippen LogP contribution in [0.2, 0.25) is 0 Å². The summed E-state index contributed by atoms with van der Waals surface area (Å²) in [7, 11) is 0. The fourth-order valence-corrected chi connectivity index (χ4v) is 2.26. The van der Waals surface area contributed by atoms with Gasteiger partial charge in [0.05, 0.1) is 18.2 Å². The minimum Gasteiger partial charge on any atom is -0.351 e. The molecule has 2 heterocycles. The Balaban J connectivity index is 1.95. The lowest BCUT2D eigenvalue weighted by Crippen LogP contribution is -2.44. The van der Waals surface area contributed by atoms with Gasteiger partial charge in [0, 0.05) is 24.7 Å². The van der Waals surface area contributed by atoms with Crippen LogP contribution in [0.3, 0.4) is 0 Å². The molecule has 1 atom stereocenters. The summed E-state index contributed by atoms with van der Waals surface area (Å²) in [5, 5.41) is 2.93.